The van der Waals surface area contributed by atoms with Gasteiger partial charge >= 0.3 is 12.1 Å². The second kappa shape index (κ2) is 8.31. The van der Waals surface area contributed by atoms with Gasteiger partial charge in [-0.15, -0.1) is 0 Å². The molecule has 0 aromatic heterocycles. The summed E-state index contributed by atoms with van der Waals surface area (Å²) in [7, 11) is 1.23. The van der Waals surface area contributed by atoms with Crippen LogP contribution in [0.2, 0.25) is 0 Å². The van der Waals surface area contributed by atoms with Crippen molar-refractivity contribution in [3.63, 3.8) is 0 Å². The van der Waals surface area contributed by atoms with E-state index < -0.39 is 23.7 Å². The van der Waals surface area contributed by atoms with Crippen LogP contribution in [-0.4, -0.2) is 30.6 Å². The molecule has 23 heavy (non-hydrogen) atoms. The third-order valence-corrected chi connectivity index (χ3v) is 2.89. The number of methoxy groups -OCH3 is 1. The lowest BCUT2D eigenvalue weighted by Gasteiger charge is -2.23. The van der Waals surface area contributed by atoms with Gasteiger partial charge in [0.25, 0.3) is 0 Å². The van der Waals surface area contributed by atoms with Gasteiger partial charge in [-0.05, 0) is 26.3 Å². The lowest BCUT2D eigenvalue weighted by molar-refractivity contribution is -0.143. The molecule has 0 aliphatic carbocycles. The summed E-state index contributed by atoms with van der Waals surface area (Å²) in [6.45, 7) is 5.27. The second-order valence-electron chi connectivity index (χ2n) is 6.11. The Bertz CT molecular complexity index is 548. The Hall–Kier alpha value is -2.37. The molecule has 0 aliphatic rings. The summed E-state index contributed by atoms with van der Waals surface area (Å²) in [5.41, 5.74) is 0.123. The quantitative estimate of drug-likeness (QED) is 0.643. The van der Waals surface area contributed by atoms with E-state index in [9.17, 15) is 14.4 Å². The third-order valence-electron chi connectivity index (χ3n) is 2.89. The fraction of sp³-hybridized carbons (Fsp3) is 0.471. The smallest absolute Gasteiger partial charge is 0.408 e. The van der Waals surface area contributed by atoms with Crippen molar-refractivity contribution in [3.8, 4) is 0 Å². The highest BCUT2D eigenvalue weighted by Gasteiger charge is 2.23. The number of hydrogen-bond acceptors (Lipinski definition) is 5. The fourth-order valence-corrected chi connectivity index (χ4v) is 1.92. The van der Waals surface area contributed by atoms with Crippen molar-refractivity contribution in [3.05, 3.63) is 35.9 Å². The Morgan fingerprint density at radius 1 is 1.13 bits per heavy atom. The maximum absolute atomic E-state index is 12.0. The fourth-order valence-electron chi connectivity index (χ4n) is 1.92. The van der Waals surface area contributed by atoms with E-state index in [0.717, 1.165) is 5.56 Å². The topological polar surface area (TPSA) is 81.7 Å². The predicted octanol–water partition coefficient (Wildman–Crippen LogP) is 2.77. The van der Waals surface area contributed by atoms with Crippen LogP contribution in [-0.2, 0) is 19.1 Å². The summed E-state index contributed by atoms with van der Waals surface area (Å²) in [5.74, 6) is -0.916. The largest absolute Gasteiger partial charge is 0.469 e. The van der Waals surface area contributed by atoms with Gasteiger partial charge in [0, 0.05) is 6.42 Å². The van der Waals surface area contributed by atoms with Crippen LogP contribution in [0.5, 0.6) is 0 Å². The molecule has 1 aromatic rings. The zero-order chi connectivity index (χ0) is 17.5. The Balaban J connectivity index is 2.80. The van der Waals surface area contributed by atoms with E-state index >= 15 is 0 Å². The first kappa shape index (κ1) is 18.7. The summed E-state index contributed by atoms with van der Waals surface area (Å²) < 4.78 is 9.70. The highest BCUT2D eigenvalue weighted by atomic mass is 16.6. The molecule has 0 bridgehead atoms. The second-order valence-corrected chi connectivity index (χ2v) is 6.11. The van der Waals surface area contributed by atoms with Crippen molar-refractivity contribution in [1.29, 1.82) is 0 Å². The Morgan fingerprint density at radius 2 is 1.74 bits per heavy atom. The Labute approximate surface area is 136 Å². The highest BCUT2D eigenvalue weighted by Crippen LogP contribution is 2.19. The molecule has 0 spiro atoms. The number of Topliss-reactive ketones (excluding diaryl/α,β-unsaturated/α-hetero) is 1. The van der Waals surface area contributed by atoms with E-state index in [-0.39, 0.29) is 18.6 Å². The predicted molar refractivity (Wildman–Crippen MR) is 84.8 cm³/mol. The molecule has 0 unspecified atom stereocenters. The van der Waals surface area contributed by atoms with Crippen molar-refractivity contribution >= 4 is 17.8 Å². The van der Waals surface area contributed by atoms with Gasteiger partial charge in [-0.1, -0.05) is 30.3 Å². The van der Waals surface area contributed by atoms with Gasteiger partial charge in [-0.3, -0.25) is 9.59 Å². The number of alkyl carbamates (subject to hydrolysis) is 1. The molecule has 6 nitrogen and oxygen atoms in total. The molecule has 0 radical (unpaired) electrons. The third kappa shape index (κ3) is 7.44. The van der Waals surface area contributed by atoms with Crippen LogP contribution in [0, 0.1) is 0 Å². The summed E-state index contributed by atoms with van der Waals surface area (Å²) in [6, 6.07) is 8.49. The Morgan fingerprint density at radius 3 is 2.26 bits per heavy atom. The summed E-state index contributed by atoms with van der Waals surface area (Å²) in [5, 5.41) is 2.68. The molecule has 126 valence electrons. The summed E-state index contributed by atoms with van der Waals surface area (Å²) >= 11 is 0. The zero-order valence-corrected chi connectivity index (χ0v) is 13.9. The molecule has 0 heterocycles. The van der Waals surface area contributed by atoms with Crippen LogP contribution < -0.4 is 5.32 Å². The van der Waals surface area contributed by atoms with Gasteiger partial charge in [0.05, 0.1) is 13.2 Å². The minimum absolute atomic E-state index is 0.0155. The van der Waals surface area contributed by atoms with Gasteiger partial charge in [-0.2, -0.15) is 0 Å². The molecule has 1 amide bonds. The number of rotatable bonds is 6. The van der Waals surface area contributed by atoms with Crippen molar-refractivity contribution in [2.75, 3.05) is 7.11 Å². The van der Waals surface area contributed by atoms with Crippen molar-refractivity contribution in [2.45, 2.75) is 45.3 Å². The number of ketones is 1. The molecular formula is C17H23NO5. The highest BCUT2D eigenvalue weighted by molar-refractivity contribution is 5.95. The maximum Gasteiger partial charge on any atom is 0.408 e. The number of carbonyl (C=O) groups excluding carboxylic acids is 3. The van der Waals surface area contributed by atoms with Crippen molar-refractivity contribution in [2.24, 2.45) is 0 Å². The number of ether oxygens (including phenoxy) is 2. The zero-order valence-electron chi connectivity index (χ0n) is 13.9. The first-order valence-electron chi connectivity index (χ1n) is 7.34. The number of hydrogen-bond donors (Lipinski definition) is 1. The normalized spacial score (nSPS) is 12.2. The molecule has 0 saturated carbocycles. The SMILES string of the molecule is COC(=O)CC(=O)C[C@@H](NC(=O)OC(C)(C)C)c1ccccc1. The number of carbonyl (C=O) groups is 3. The molecule has 1 rings (SSSR count). The molecule has 0 fully saturated rings. The number of nitrogens with one attached hydrogen (secondary N) is 1. The van der Waals surface area contributed by atoms with Gasteiger partial charge in [0.1, 0.15) is 17.8 Å². The maximum atomic E-state index is 12.0. The number of benzene rings is 1. The minimum Gasteiger partial charge on any atom is -0.469 e. The average molecular weight is 321 g/mol. The van der Waals surface area contributed by atoms with E-state index in [4.69, 9.17) is 4.74 Å². The standard InChI is InChI=1S/C17H23NO5/c1-17(2,3)23-16(21)18-14(12-8-6-5-7-9-12)10-13(19)11-15(20)22-4/h5-9,14H,10-11H2,1-4H3,(H,18,21)/t14-/m1/s1. The summed E-state index contributed by atoms with van der Waals surface area (Å²) in [4.78, 5) is 35.1. The lowest BCUT2D eigenvalue weighted by Crippen LogP contribution is -2.36. The molecule has 6 heteroatoms. The molecule has 1 N–H and O–H groups in total. The van der Waals surface area contributed by atoms with Crippen LogP contribution in [0.1, 0.15) is 45.2 Å². The van der Waals surface area contributed by atoms with Gasteiger partial charge < -0.3 is 14.8 Å². The number of esters is 1. The summed E-state index contributed by atoms with van der Waals surface area (Å²) in [6.07, 6.45) is -0.953. The number of amides is 1. The van der Waals surface area contributed by atoms with Crippen LogP contribution in [0.15, 0.2) is 30.3 Å². The average Bonchev–Trinajstić information content (AvgIpc) is 2.45. The van der Waals surface area contributed by atoms with Crippen LogP contribution in [0.25, 0.3) is 0 Å². The van der Waals surface area contributed by atoms with Crippen molar-refractivity contribution in [1.82, 2.24) is 5.32 Å². The van der Waals surface area contributed by atoms with Crippen LogP contribution in [0.4, 0.5) is 4.79 Å². The lowest BCUT2D eigenvalue weighted by atomic mass is 10.0. The molecule has 0 aliphatic heterocycles. The van der Waals surface area contributed by atoms with Crippen molar-refractivity contribution < 1.29 is 23.9 Å². The Kier molecular flexibility index (Phi) is 6.75. The van der Waals surface area contributed by atoms with E-state index in [2.05, 4.69) is 10.1 Å². The molecule has 0 saturated heterocycles. The minimum atomic E-state index is -0.638. The molecule has 1 atom stereocenters. The van der Waals surface area contributed by atoms with E-state index in [1.807, 2.05) is 18.2 Å². The van der Waals surface area contributed by atoms with Gasteiger partial charge in [0.2, 0.25) is 0 Å². The van der Waals surface area contributed by atoms with Crippen LogP contribution in [0.3, 0.4) is 0 Å². The first-order chi connectivity index (χ1) is 10.7. The van der Waals surface area contributed by atoms with E-state index in [1.54, 1.807) is 32.9 Å². The molecular weight excluding hydrogens is 298 g/mol. The molecule has 1 aromatic carbocycles. The van der Waals surface area contributed by atoms with E-state index in [0.29, 0.717) is 0 Å². The van der Waals surface area contributed by atoms with Crippen LogP contribution >= 0.6 is 0 Å². The van der Waals surface area contributed by atoms with E-state index in [1.165, 1.54) is 7.11 Å². The first-order valence-corrected chi connectivity index (χ1v) is 7.34. The van der Waals surface area contributed by atoms with Gasteiger partial charge in [-0.25, -0.2) is 4.79 Å². The monoisotopic (exact) mass is 321 g/mol. The van der Waals surface area contributed by atoms with Gasteiger partial charge in [0.15, 0.2) is 0 Å².